The Morgan fingerprint density at radius 1 is 1.25 bits per heavy atom. The van der Waals surface area contributed by atoms with Gasteiger partial charge in [0.1, 0.15) is 0 Å². The highest BCUT2D eigenvalue weighted by molar-refractivity contribution is 7.10. The average Bonchev–Trinajstić information content (AvgIpc) is 2.81. The van der Waals surface area contributed by atoms with Gasteiger partial charge in [0.05, 0.1) is 10.6 Å². The zero-order valence-electron chi connectivity index (χ0n) is 10.7. The monoisotopic (exact) mass is 319 g/mol. The number of thiophene rings is 1. The maximum Gasteiger partial charge on any atom is 0.416 e. The van der Waals surface area contributed by atoms with Gasteiger partial charge in [0.15, 0.2) is 0 Å². The second-order valence-corrected chi connectivity index (χ2v) is 5.89. The van der Waals surface area contributed by atoms with Gasteiger partial charge in [-0.05, 0) is 30.7 Å². The Balaban J connectivity index is 1.97. The summed E-state index contributed by atoms with van der Waals surface area (Å²) in [6.45, 7) is 2.55. The van der Waals surface area contributed by atoms with Crippen LogP contribution in [0, 0.1) is 0 Å². The molecule has 20 heavy (non-hydrogen) atoms. The normalized spacial score (nSPS) is 13.4. The van der Waals surface area contributed by atoms with Crippen molar-refractivity contribution >= 4 is 22.9 Å². The van der Waals surface area contributed by atoms with Crippen LogP contribution in [0.5, 0.6) is 0 Å². The third kappa shape index (κ3) is 3.98. The second kappa shape index (κ2) is 6.16. The van der Waals surface area contributed by atoms with Gasteiger partial charge in [-0.15, -0.1) is 11.3 Å². The second-order valence-electron chi connectivity index (χ2n) is 4.45. The summed E-state index contributed by atoms with van der Waals surface area (Å²) in [4.78, 5) is 1.09. The summed E-state index contributed by atoms with van der Waals surface area (Å²) in [6.07, 6.45) is -4.29. The van der Waals surface area contributed by atoms with E-state index < -0.39 is 11.7 Å². The molecule has 1 atom stereocenters. The summed E-state index contributed by atoms with van der Waals surface area (Å²) in [5.41, 5.74) is 0.194. The van der Waals surface area contributed by atoms with E-state index in [1.165, 1.54) is 12.1 Å². The van der Waals surface area contributed by atoms with Crippen LogP contribution in [0.2, 0.25) is 5.02 Å². The van der Waals surface area contributed by atoms with Crippen molar-refractivity contribution in [3.63, 3.8) is 0 Å². The summed E-state index contributed by atoms with van der Waals surface area (Å²) >= 11 is 7.38. The minimum absolute atomic E-state index is 0.0295. The molecule has 0 spiro atoms. The highest BCUT2D eigenvalue weighted by atomic mass is 35.5. The van der Waals surface area contributed by atoms with Crippen molar-refractivity contribution in [1.82, 2.24) is 5.32 Å². The topological polar surface area (TPSA) is 12.0 Å². The van der Waals surface area contributed by atoms with Crippen molar-refractivity contribution in [1.29, 1.82) is 0 Å². The molecule has 0 aliphatic heterocycles. The Hall–Kier alpha value is -1.04. The molecule has 0 amide bonds. The van der Waals surface area contributed by atoms with Crippen molar-refractivity contribution in [2.75, 3.05) is 0 Å². The molecule has 0 saturated heterocycles. The van der Waals surface area contributed by atoms with E-state index >= 15 is 0 Å². The van der Waals surface area contributed by atoms with Gasteiger partial charge in [0.2, 0.25) is 0 Å². The van der Waals surface area contributed by atoms with E-state index in [4.69, 9.17) is 11.6 Å². The highest BCUT2D eigenvalue weighted by Gasteiger charge is 2.30. The van der Waals surface area contributed by atoms with Crippen LogP contribution in [0.3, 0.4) is 0 Å². The maximum absolute atomic E-state index is 12.5. The summed E-state index contributed by atoms with van der Waals surface area (Å²) < 4.78 is 37.4. The molecule has 1 aromatic heterocycles. The molecule has 2 aromatic rings. The fourth-order valence-electron chi connectivity index (χ4n) is 1.78. The van der Waals surface area contributed by atoms with E-state index in [1.54, 1.807) is 11.3 Å². The Morgan fingerprint density at radius 3 is 2.40 bits per heavy atom. The van der Waals surface area contributed by atoms with Crippen molar-refractivity contribution in [2.24, 2.45) is 0 Å². The Morgan fingerprint density at radius 2 is 1.90 bits per heavy atom. The molecule has 0 aliphatic carbocycles. The summed E-state index contributed by atoms with van der Waals surface area (Å²) in [6, 6.07) is 7.06. The van der Waals surface area contributed by atoms with Gasteiger partial charge in [-0.1, -0.05) is 23.7 Å². The first kappa shape index (κ1) is 15.4. The summed E-state index contributed by atoms with van der Waals surface area (Å²) in [5.74, 6) is 0. The summed E-state index contributed by atoms with van der Waals surface area (Å²) in [5, 5.41) is 5.81. The van der Waals surface area contributed by atoms with Crippen LogP contribution in [0.4, 0.5) is 13.2 Å². The predicted octanol–water partition coefficient (Wildman–Crippen LogP) is 5.27. The highest BCUT2D eigenvalue weighted by Crippen LogP contribution is 2.30. The molecule has 0 saturated carbocycles. The zero-order valence-corrected chi connectivity index (χ0v) is 12.2. The lowest BCUT2D eigenvalue weighted by molar-refractivity contribution is -0.137. The molecular formula is C14H13ClF3NS. The first-order chi connectivity index (χ1) is 9.36. The largest absolute Gasteiger partial charge is 0.416 e. The number of nitrogens with one attached hydrogen (secondary N) is 1. The maximum atomic E-state index is 12.5. The van der Waals surface area contributed by atoms with Gasteiger partial charge in [-0.3, -0.25) is 0 Å². The van der Waals surface area contributed by atoms with Crippen LogP contribution in [-0.4, -0.2) is 0 Å². The smallest absolute Gasteiger partial charge is 0.305 e. The van der Waals surface area contributed by atoms with E-state index in [0.29, 0.717) is 11.6 Å². The van der Waals surface area contributed by atoms with Crippen LogP contribution in [0.25, 0.3) is 0 Å². The SMILES string of the molecule is C[C@@H](NCc1cc(Cl)cs1)c1ccc(C(F)(F)F)cc1. The van der Waals surface area contributed by atoms with Gasteiger partial charge in [-0.25, -0.2) is 0 Å². The van der Waals surface area contributed by atoms with Crippen molar-refractivity contribution in [2.45, 2.75) is 25.7 Å². The third-order valence-corrected chi connectivity index (χ3v) is 4.23. The van der Waals surface area contributed by atoms with Crippen LogP contribution in [0.15, 0.2) is 35.7 Å². The lowest BCUT2D eigenvalue weighted by Crippen LogP contribution is -2.17. The van der Waals surface area contributed by atoms with E-state index in [-0.39, 0.29) is 6.04 Å². The van der Waals surface area contributed by atoms with Gasteiger partial charge in [0, 0.05) is 22.8 Å². The summed E-state index contributed by atoms with van der Waals surface area (Å²) in [7, 11) is 0. The quantitative estimate of drug-likeness (QED) is 0.809. The van der Waals surface area contributed by atoms with Crippen LogP contribution >= 0.6 is 22.9 Å². The van der Waals surface area contributed by atoms with E-state index in [2.05, 4.69) is 5.32 Å². The Labute approximate surface area is 124 Å². The third-order valence-electron chi connectivity index (χ3n) is 2.94. The van der Waals surface area contributed by atoms with Crippen molar-refractivity contribution in [3.05, 3.63) is 56.7 Å². The van der Waals surface area contributed by atoms with Gasteiger partial charge in [0.25, 0.3) is 0 Å². The molecule has 2 rings (SSSR count). The first-order valence-corrected chi connectivity index (χ1v) is 7.25. The molecular weight excluding hydrogens is 307 g/mol. The lowest BCUT2D eigenvalue weighted by Gasteiger charge is -2.15. The molecule has 1 heterocycles. The van der Waals surface area contributed by atoms with Crippen LogP contribution < -0.4 is 5.32 Å². The van der Waals surface area contributed by atoms with Gasteiger partial charge < -0.3 is 5.32 Å². The molecule has 0 aliphatic rings. The molecule has 0 radical (unpaired) electrons. The lowest BCUT2D eigenvalue weighted by atomic mass is 10.1. The van der Waals surface area contributed by atoms with E-state index in [0.717, 1.165) is 22.6 Å². The molecule has 0 bridgehead atoms. The van der Waals surface area contributed by atoms with E-state index in [1.807, 2.05) is 18.4 Å². The predicted molar refractivity (Wildman–Crippen MR) is 76.0 cm³/mol. The number of benzene rings is 1. The standard InChI is InChI=1S/C14H13ClF3NS/c1-9(19-7-13-6-12(15)8-20-13)10-2-4-11(5-3-10)14(16,17)18/h2-6,8-9,19H,7H2,1H3/t9-/m1/s1. The molecule has 1 nitrogen and oxygen atoms in total. The van der Waals surface area contributed by atoms with Gasteiger partial charge >= 0.3 is 6.18 Å². The Kier molecular flexibility index (Phi) is 4.73. The molecule has 0 unspecified atom stereocenters. The van der Waals surface area contributed by atoms with Crippen LogP contribution in [-0.2, 0) is 12.7 Å². The van der Waals surface area contributed by atoms with E-state index in [9.17, 15) is 13.2 Å². The Bertz CT molecular complexity index is 563. The molecule has 1 N–H and O–H groups in total. The van der Waals surface area contributed by atoms with Crippen molar-refractivity contribution < 1.29 is 13.2 Å². The van der Waals surface area contributed by atoms with Crippen molar-refractivity contribution in [3.8, 4) is 0 Å². The zero-order chi connectivity index (χ0) is 14.8. The number of halogens is 4. The fraction of sp³-hybridized carbons (Fsp3) is 0.286. The minimum atomic E-state index is -4.29. The minimum Gasteiger partial charge on any atom is -0.305 e. The number of alkyl halides is 3. The number of rotatable bonds is 4. The van der Waals surface area contributed by atoms with Gasteiger partial charge in [-0.2, -0.15) is 13.2 Å². The number of hydrogen-bond donors (Lipinski definition) is 1. The number of hydrogen-bond acceptors (Lipinski definition) is 2. The molecule has 0 fully saturated rings. The average molecular weight is 320 g/mol. The van der Waals surface area contributed by atoms with Crippen LogP contribution in [0.1, 0.15) is 29.0 Å². The fourth-order valence-corrected chi connectivity index (χ4v) is 2.80. The molecule has 6 heteroatoms. The molecule has 1 aromatic carbocycles. The molecule has 108 valence electrons. The first-order valence-electron chi connectivity index (χ1n) is 5.99.